The summed E-state index contributed by atoms with van der Waals surface area (Å²) in [7, 11) is 0. The van der Waals surface area contributed by atoms with Gasteiger partial charge in [0.2, 0.25) is 5.91 Å². The number of hydrogen-bond donors (Lipinski definition) is 1. The fourth-order valence-corrected chi connectivity index (χ4v) is 3.19. The van der Waals surface area contributed by atoms with Gasteiger partial charge in [-0.05, 0) is 39.0 Å². The van der Waals surface area contributed by atoms with Crippen LogP contribution in [-0.2, 0) is 11.3 Å². The van der Waals surface area contributed by atoms with Crippen molar-refractivity contribution in [1.82, 2.24) is 24.9 Å². The highest BCUT2D eigenvalue weighted by Crippen LogP contribution is 2.27. The quantitative estimate of drug-likeness (QED) is 0.572. The third kappa shape index (κ3) is 4.22. The van der Waals surface area contributed by atoms with Gasteiger partial charge in [-0.25, -0.2) is 22.2 Å². The molecule has 1 unspecified atom stereocenters. The van der Waals surface area contributed by atoms with Crippen molar-refractivity contribution in [2.24, 2.45) is 0 Å². The lowest BCUT2D eigenvalue weighted by molar-refractivity contribution is -0.124. The molecule has 1 atom stereocenters. The van der Waals surface area contributed by atoms with Gasteiger partial charge >= 0.3 is 0 Å². The first-order valence-electron chi connectivity index (χ1n) is 9.24. The summed E-state index contributed by atoms with van der Waals surface area (Å²) in [5.74, 6) is -0.618. The Kier molecular flexibility index (Phi) is 6.23. The van der Waals surface area contributed by atoms with Crippen LogP contribution in [0.2, 0.25) is 0 Å². The summed E-state index contributed by atoms with van der Waals surface area (Å²) >= 11 is 0. The molecule has 3 rings (SSSR count). The van der Waals surface area contributed by atoms with E-state index in [0.29, 0.717) is 16.4 Å². The maximum atomic E-state index is 13.2. The molecule has 0 aliphatic carbocycles. The zero-order valence-corrected chi connectivity index (χ0v) is 16.6. The van der Waals surface area contributed by atoms with Crippen molar-refractivity contribution in [2.45, 2.75) is 46.2 Å². The summed E-state index contributed by atoms with van der Waals surface area (Å²) in [6, 6.07) is 8.88. The molecule has 0 spiro atoms. The molecule has 0 aliphatic heterocycles. The number of hydrogen-bond acceptors (Lipinski definition) is 3. The maximum Gasteiger partial charge on any atom is 0.282 e. The highest BCUT2D eigenvalue weighted by atomic mass is 19.3. The van der Waals surface area contributed by atoms with Crippen molar-refractivity contribution in [3.8, 4) is 5.69 Å². The number of carbonyl (C=O) groups excluding carboxylic acids is 1. The molecule has 1 aromatic carbocycles. The third-order valence-corrected chi connectivity index (χ3v) is 4.86. The van der Waals surface area contributed by atoms with Crippen molar-refractivity contribution in [1.29, 1.82) is 0 Å². The number of halogens is 4. The molecule has 6 nitrogen and oxygen atoms in total. The molecule has 0 aliphatic rings. The minimum absolute atomic E-state index is 0.112. The van der Waals surface area contributed by atoms with Gasteiger partial charge in [0.1, 0.15) is 17.4 Å². The van der Waals surface area contributed by atoms with E-state index >= 15 is 0 Å². The molecule has 0 saturated heterocycles. The van der Waals surface area contributed by atoms with Gasteiger partial charge < -0.3 is 5.32 Å². The molecule has 3 aromatic rings. The average molecular weight is 423 g/mol. The molecule has 160 valence electrons. The minimum Gasteiger partial charge on any atom is -0.350 e. The van der Waals surface area contributed by atoms with Crippen LogP contribution in [0.5, 0.6) is 0 Å². The van der Waals surface area contributed by atoms with Crippen LogP contribution in [0.3, 0.4) is 0 Å². The molecule has 1 N–H and O–H groups in total. The van der Waals surface area contributed by atoms with Crippen molar-refractivity contribution in [2.75, 3.05) is 0 Å². The molecule has 0 bridgehead atoms. The largest absolute Gasteiger partial charge is 0.350 e. The van der Waals surface area contributed by atoms with Crippen LogP contribution in [-0.4, -0.2) is 25.5 Å². The van der Waals surface area contributed by atoms with Gasteiger partial charge in [0, 0.05) is 17.8 Å². The number of aromatic nitrogens is 4. The Bertz CT molecular complexity index is 1030. The molecule has 2 aromatic heterocycles. The monoisotopic (exact) mass is 423 g/mol. The van der Waals surface area contributed by atoms with Crippen molar-refractivity contribution >= 4 is 5.91 Å². The predicted octanol–water partition coefficient (Wildman–Crippen LogP) is 4.44. The molecule has 30 heavy (non-hydrogen) atoms. The van der Waals surface area contributed by atoms with Gasteiger partial charge in [-0.2, -0.15) is 10.2 Å². The van der Waals surface area contributed by atoms with Crippen molar-refractivity contribution in [3.05, 3.63) is 64.7 Å². The Morgan fingerprint density at radius 2 is 1.73 bits per heavy atom. The second kappa shape index (κ2) is 8.68. The lowest BCUT2D eigenvalue weighted by Crippen LogP contribution is -2.32. The standard InChI is InChI=1S/C20H21F4N5O/c1-11-15(12(2)28(26-11)14-7-5-4-6-8-14)10-25-20(30)13(3)29-17(19(23)24)9-16(27-29)18(21)22/h4-9,13,18-19H,10H2,1-3H3,(H,25,30). The van der Waals surface area contributed by atoms with E-state index in [1.807, 2.05) is 37.3 Å². The molecule has 2 heterocycles. The van der Waals surface area contributed by atoms with Crippen LogP contribution in [0.4, 0.5) is 17.6 Å². The summed E-state index contributed by atoms with van der Waals surface area (Å²) < 4.78 is 54.5. The average Bonchev–Trinajstić information content (AvgIpc) is 3.28. The van der Waals surface area contributed by atoms with Gasteiger partial charge in [-0.1, -0.05) is 18.2 Å². The zero-order chi connectivity index (χ0) is 22.0. The van der Waals surface area contributed by atoms with Gasteiger partial charge in [-0.15, -0.1) is 0 Å². The molecule has 1 amide bonds. The molecule has 0 saturated carbocycles. The van der Waals surface area contributed by atoms with Crippen molar-refractivity contribution < 1.29 is 22.4 Å². The third-order valence-electron chi connectivity index (χ3n) is 4.86. The second-order valence-electron chi connectivity index (χ2n) is 6.83. The van der Waals surface area contributed by atoms with Crippen LogP contribution in [0.15, 0.2) is 36.4 Å². The van der Waals surface area contributed by atoms with Crippen LogP contribution in [0.1, 0.15) is 54.2 Å². The van der Waals surface area contributed by atoms with Crippen molar-refractivity contribution in [3.63, 3.8) is 0 Å². The minimum atomic E-state index is -3.03. The highest BCUT2D eigenvalue weighted by molar-refractivity contribution is 5.79. The Hall–Kier alpha value is -3.17. The number of nitrogens with zero attached hydrogens (tertiary/aromatic N) is 4. The summed E-state index contributed by atoms with van der Waals surface area (Å²) in [6.07, 6.45) is -6.04. The van der Waals surface area contributed by atoms with E-state index in [2.05, 4.69) is 15.5 Å². The van der Waals surface area contributed by atoms with Gasteiger partial charge in [0.25, 0.3) is 12.9 Å². The second-order valence-corrected chi connectivity index (χ2v) is 6.83. The van der Waals surface area contributed by atoms with E-state index in [4.69, 9.17) is 0 Å². The maximum absolute atomic E-state index is 13.2. The molecule has 0 fully saturated rings. The number of carbonyl (C=O) groups is 1. The smallest absolute Gasteiger partial charge is 0.282 e. The van der Waals surface area contributed by atoms with Crippen LogP contribution in [0.25, 0.3) is 5.69 Å². The lowest BCUT2D eigenvalue weighted by atomic mass is 10.2. The Labute approximate surface area is 170 Å². The first-order valence-corrected chi connectivity index (χ1v) is 9.24. The Balaban J connectivity index is 1.77. The van der Waals surface area contributed by atoms with Gasteiger partial charge in [-0.3, -0.25) is 9.48 Å². The topological polar surface area (TPSA) is 64.7 Å². The van der Waals surface area contributed by atoms with E-state index < -0.39 is 36.2 Å². The van der Waals surface area contributed by atoms with E-state index in [9.17, 15) is 22.4 Å². The van der Waals surface area contributed by atoms with Crippen LogP contribution in [0, 0.1) is 13.8 Å². The SMILES string of the molecule is Cc1nn(-c2ccccc2)c(C)c1CNC(=O)C(C)n1nc(C(F)F)cc1C(F)F. The van der Waals surface area contributed by atoms with Gasteiger partial charge in [0.15, 0.2) is 0 Å². The highest BCUT2D eigenvalue weighted by Gasteiger charge is 2.27. The summed E-state index contributed by atoms with van der Waals surface area (Å²) in [6.45, 7) is 5.10. The van der Waals surface area contributed by atoms with E-state index in [-0.39, 0.29) is 6.54 Å². The fourth-order valence-electron chi connectivity index (χ4n) is 3.19. The number of nitrogens with one attached hydrogen (secondary N) is 1. The van der Waals surface area contributed by atoms with E-state index in [0.717, 1.165) is 16.9 Å². The molecule has 0 radical (unpaired) electrons. The molecule has 10 heteroatoms. The first kappa shape index (κ1) is 21.5. The number of aryl methyl sites for hydroxylation is 1. The van der Waals surface area contributed by atoms with Crippen LogP contribution < -0.4 is 5.32 Å². The Morgan fingerprint density at radius 1 is 1.07 bits per heavy atom. The fraction of sp³-hybridized carbons (Fsp3) is 0.350. The zero-order valence-electron chi connectivity index (χ0n) is 16.6. The normalized spacial score (nSPS) is 12.6. The van der Waals surface area contributed by atoms with Gasteiger partial charge in [0.05, 0.1) is 11.4 Å². The van der Waals surface area contributed by atoms with E-state index in [1.54, 1.807) is 11.6 Å². The number of rotatable bonds is 7. The summed E-state index contributed by atoms with van der Waals surface area (Å²) in [5.41, 5.74) is 1.65. The Morgan fingerprint density at radius 3 is 2.33 bits per heavy atom. The predicted molar refractivity (Wildman–Crippen MR) is 102 cm³/mol. The number of para-hydroxylation sites is 1. The molecular formula is C20H21F4N5O. The summed E-state index contributed by atoms with van der Waals surface area (Å²) in [4.78, 5) is 12.5. The van der Waals surface area contributed by atoms with E-state index in [1.165, 1.54) is 6.92 Å². The lowest BCUT2D eigenvalue weighted by Gasteiger charge is -2.15. The number of benzene rings is 1. The summed E-state index contributed by atoms with van der Waals surface area (Å²) in [5, 5.41) is 10.6. The first-order chi connectivity index (χ1) is 14.2. The molecular weight excluding hydrogens is 402 g/mol. The number of alkyl halides is 4. The number of amides is 1. The van der Waals surface area contributed by atoms with Crippen LogP contribution >= 0.6 is 0 Å².